The van der Waals surface area contributed by atoms with Gasteiger partial charge in [-0.3, -0.25) is 4.79 Å². The average molecular weight is 399 g/mol. The minimum atomic E-state index is -1.87. The fourth-order valence-corrected chi connectivity index (χ4v) is 6.83. The summed E-state index contributed by atoms with van der Waals surface area (Å²) in [5.74, 6) is -0.548. The highest BCUT2D eigenvalue weighted by molar-refractivity contribution is 6.74. The van der Waals surface area contributed by atoms with Crippen molar-refractivity contribution < 1.29 is 19.4 Å². The van der Waals surface area contributed by atoms with E-state index in [0.717, 1.165) is 19.3 Å². The predicted molar refractivity (Wildman–Crippen MR) is 112 cm³/mol. The van der Waals surface area contributed by atoms with E-state index in [1.807, 2.05) is 0 Å². The second-order valence-electron chi connectivity index (χ2n) is 11.8. The van der Waals surface area contributed by atoms with Crippen LogP contribution in [0.2, 0.25) is 18.1 Å². The van der Waals surface area contributed by atoms with Gasteiger partial charge in [-0.05, 0) is 61.1 Å². The molecule has 0 spiro atoms. The second-order valence-corrected chi connectivity index (χ2v) is 16.6. The van der Waals surface area contributed by atoms with Gasteiger partial charge in [-0.25, -0.2) is 0 Å². The predicted octanol–water partition coefficient (Wildman–Crippen LogP) is 4.54. The molecular formula is C22H42O4Si. The van der Waals surface area contributed by atoms with Crippen molar-refractivity contribution in [2.24, 2.45) is 22.7 Å². The Hall–Kier alpha value is -0.233. The first-order valence-corrected chi connectivity index (χ1v) is 13.5. The van der Waals surface area contributed by atoms with Gasteiger partial charge < -0.3 is 14.6 Å². The number of aliphatic hydroxyl groups excluding tert-OH is 1. The van der Waals surface area contributed by atoms with Gasteiger partial charge in [-0.1, -0.05) is 48.0 Å². The van der Waals surface area contributed by atoms with Crippen LogP contribution in [0.4, 0.5) is 0 Å². The lowest BCUT2D eigenvalue weighted by atomic mass is 9.44. The standard InChI is InChI=1S/C22H42O4Si/c1-19(2,3)27(8,9)26-14-11-15-21(6)13-10-12-20(4,5)17(21)16(23)18(24)22(15,7)25/h15,17-18,24-25H,10-14H2,1-9H3/t15-,17+,18-,21-,22+/m1/s1. The SMILES string of the molecule is CC1(C)CCC[C@@]2(C)[C@H]1C(=O)[C@@H](O)[C@@](C)(O)[C@@H]2CCO[Si](C)(C)C(C)(C)C. The summed E-state index contributed by atoms with van der Waals surface area (Å²) in [6.07, 6.45) is 2.32. The van der Waals surface area contributed by atoms with E-state index in [1.165, 1.54) is 0 Å². The van der Waals surface area contributed by atoms with Crippen molar-refractivity contribution in [2.45, 2.75) is 104 Å². The van der Waals surface area contributed by atoms with Gasteiger partial charge >= 0.3 is 0 Å². The van der Waals surface area contributed by atoms with Crippen molar-refractivity contribution in [3.63, 3.8) is 0 Å². The molecule has 158 valence electrons. The Bertz CT molecular complexity index is 575. The number of fused-ring (bicyclic) bond motifs is 1. The molecule has 5 atom stereocenters. The summed E-state index contributed by atoms with van der Waals surface area (Å²) in [5, 5.41) is 22.1. The van der Waals surface area contributed by atoms with Gasteiger partial charge in [0.2, 0.25) is 0 Å². The van der Waals surface area contributed by atoms with Crippen LogP contribution < -0.4 is 0 Å². The quantitative estimate of drug-likeness (QED) is 0.682. The Morgan fingerprint density at radius 1 is 1.15 bits per heavy atom. The lowest BCUT2D eigenvalue weighted by molar-refractivity contribution is -0.214. The third-order valence-electron chi connectivity index (χ3n) is 8.26. The molecule has 2 saturated carbocycles. The summed E-state index contributed by atoms with van der Waals surface area (Å²) in [7, 11) is -1.87. The van der Waals surface area contributed by atoms with E-state index in [2.05, 4.69) is 54.6 Å². The molecule has 2 aliphatic carbocycles. The highest BCUT2D eigenvalue weighted by Crippen LogP contribution is 2.61. The first kappa shape index (κ1) is 23.0. The van der Waals surface area contributed by atoms with Gasteiger partial charge in [0.15, 0.2) is 14.1 Å². The van der Waals surface area contributed by atoms with Crippen LogP contribution in [0.3, 0.4) is 0 Å². The third kappa shape index (κ3) is 3.82. The average Bonchev–Trinajstić information content (AvgIpc) is 2.46. The summed E-state index contributed by atoms with van der Waals surface area (Å²) in [5.41, 5.74) is -1.87. The number of hydrogen-bond donors (Lipinski definition) is 2. The Morgan fingerprint density at radius 3 is 2.22 bits per heavy atom. The molecule has 0 heterocycles. The van der Waals surface area contributed by atoms with Gasteiger partial charge in [-0.2, -0.15) is 0 Å². The van der Waals surface area contributed by atoms with E-state index in [4.69, 9.17) is 4.43 Å². The number of Topliss-reactive ketones (excluding diaryl/α,β-unsaturated/α-hetero) is 1. The molecule has 2 rings (SSSR count). The van der Waals surface area contributed by atoms with Crippen LogP contribution in [-0.4, -0.2) is 42.6 Å². The van der Waals surface area contributed by atoms with E-state index < -0.39 is 20.0 Å². The highest BCUT2D eigenvalue weighted by atomic mass is 28.4. The molecular weight excluding hydrogens is 356 g/mol. The van der Waals surface area contributed by atoms with Gasteiger partial charge in [0.05, 0.1) is 5.60 Å². The lowest BCUT2D eigenvalue weighted by Crippen LogP contribution is -2.68. The maximum Gasteiger partial charge on any atom is 0.191 e. The molecule has 0 aromatic heterocycles. The summed E-state index contributed by atoms with van der Waals surface area (Å²) in [6.45, 7) is 19.8. The van der Waals surface area contributed by atoms with E-state index >= 15 is 0 Å². The molecule has 5 heteroatoms. The molecule has 0 saturated heterocycles. The molecule has 0 bridgehead atoms. The second kappa shape index (κ2) is 6.93. The number of ketones is 1. The summed E-state index contributed by atoms with van der Waals surface area (Å²) < 4.78 is 6.39. The number of rotatable bonds is 4. The molecule has 0 aliphatic heterocycles. The topological polar surface area (TPSA) is 66.8 Å². The number of hydrogen-bond acceptors (Lipinski definition) is 4. The van der Waals surface area contributed by atoms with Crippen LogP contribution in [0.5, 0.6) is 0 Å². The largest absolute Gasteiger partial charge is 0.417 e. The molecule has 2 N–H and O–H groups in total. The van der Waals surface area contributed by atoms with Gasteiger partial charge in [0, 0.05) is 12.5 Å². The van der Waals surface area contributed by atoms with Crippen molar-refractivity contribution >= 4 is 14.1 Å². The van der Waals surface area contributed by atoms with Crippen molar-refractivity contribution in [3.05, 3.63) is 0 Å². The van der Waals surface area contributed by atoms with Crippen molar-refractivity contribution in [2.75, 3.05) is 6.61 Å². The van der Waals surface area contributed by atoms with Gasteiger partial charge in [0.25, 0.3) is 0 Å². The van der Waals surface area contributed by atoms with Crippen LogP contribution in [0, 0.1) is 22.7 Å². The minimum Gasteiger partial charge on any atom is -0.417 e. The Balaban J connectivity index is 2.31. The highest BCUT2D eigenvalue weighted by Gasteiger charge is 2.65. The maximum absolute atomic E-state index is 13.1. The third-order valence-corrected chi connectivity index (χ3v) is 12.8. The minimum absolute atomic E-state index is 0.136. The fraction of sp³-hybridized carbons (Fsp3) is 0.955. The molecule has 4 nitrogen and oxygen atoms in total. The van der Waals surface area contributed by atoms with Crippen LogP contribution in [0.1, 0.15) is 74.1 Å². The van der Waals surface area contributed by atoms with Crippen LogP contribution in [-0.2, 0) is 9.22 Å². The zero-order chi connectivity index (χ0) is 21.1. The van der Waals surface area contributed by atoms with E-state index in [1.54, 1.807) is 6.92 Å². The molecule has 0 radical (unpaired) electrons. The summed E-state index contributed by atoms with van der Waals surface area (Å²) >= 11 is 0. The van der Waals surface area contributed by atoms with Crippen molar-refractivity contribution in [1.82, 2.24) is 0 Å². The Morgan fingerprint density at radius 2 is 1.70 bits per heavy atom. The van der Waals surface area contributed by atoms with Crippen molar-refractivity contribution in [1.29, 1.82) is 0 Å². The van der Waals surface area contributed by atoms with Crippen LogP contribution >= 0.6 is 0 Å². The molecule has 0 unspecified atom stereocenters. The lowest BCUT2D eigenvalue weighted by Gasteiger charge is -2.61. The zero-order valence-corrected chi connectivity index (χ0v) is 20.0. The van der Waals surface area contributed by atoms with E-state index in [-0.39, 0.29) is 33.5 Å². The fourth-order valence-electron chi connectivity index (χ4n) is 5.77. The van der Waals surface area contributed by atoms with Gasteiger partial charge in [-0.15, -0.1) is 0 Å². The normalized spacial score (nSPS) is 40.0. The number of aliphatic hydroxyl groups is 2. The van der Waals surface area contributed by atoms with Crippen LogP contribution in [0.25, 0.3) is 0 Å². The molecule has 2 fully saturated rings. The summed E-state index contributed by atoms with van der Waals surface area (Å²) in [4.78, 5) is 13.1. The Labute approximate surface area is 167 Å². The van der Waals surface area contributed by atoms with Gasteiger partial charge in [0.1, 0.15) is 6.10 Å². The monoisotopic (exact) mass is 398 g/mol. The smallest absolute Gasteiger partial charge is 0.191 e. The first-order valence-electron chi connectivity index (χ1n) is 10.6. The van der Waals surface area contributed by atoms with E-state index in [0.29, 0.717) is 13.0 Å². The Kier molecular flexibility index (Phi) is 5.91. The molecule has 27 heavy (non-hydrogen) atoms. The van der Waals surface area contributed by atoms with Crippen molar-refractivity contribution in [3.8, 4) is 0 Å². The molecule has 2 aliphatic rings. The van der Waals surface area contributed by atoms with E-state index in [9.17, 15) is 15.0 Å². The first-order chi connectivity index (χ1) is 12.0. The maximum atomic E-state index is 13.1. The summed E-state index contributed by atoms with van der Waals surface area (Å²) in [6, 6.07) is 0. The zero-order valence-electron chi connectivity index (χ0n) is 19.0. The number of carbonyl (C=O) groups excluding carboxylic acids is 1. The molecule has 0 aromatic rings. The van der Waals surface area contributed by atoms with Crippen LogP contribution in [0.15, 0.2) is 0 Å². The molecule has 0 amide bonds. The molecule has 0 aromatic carbocycles. The number of carbonyl (C=O) groups is 1.